The third-order valence-corrected chi connectivity index (χ3v) is 0.825. The molecular weight excluding hydrogens is 170 g/mol. The van der Waals surface area contributed by atoms with Gasteiger partial charge in [0.2, 0.25) is 6.54 Å². The second-order valence-corrected chi connectivity index (χ2v) is 1.63. The van der Waals surface area contributed by atoms with E-state index in [-0.39, 0.29) is 0 Å². The van der Waals surface area contributed by atoms with Gasteiger partial charge in [0.1, 0.15) is 0 Å². The summed E-state index contributed by atoms with van der Waals surface area (Å²) >= 11 is 0. The summed E-state index contributed by atoms with van der Waals surface area (Å²) in [5.74, 6) is 0. The maximum absolute atomic E-state index is 6.08. The summed E-state index contributed by atoms with van der Waals surface area (Å²) in [5, 5.41) is 0. The number of rotatable bonds is 0. The predicted octanol–water partition coefficient (Wildman–Crippen LogP) is 4.66. The Balaban J connectivity index is -0.000000134. The summed E-state index contributed by atoms with van der Waals surface area (Å²) in [6.07, 6.45) is 0. The monoisotopic (exact) mass is 193 g/mol. The summed E-state index contributed by atoms with van der Waals surface area (Å²) in [5.41, 5.74) is 0. The van der Waals surface area contributed by atoms with Gasteiger partial charge in [0.15, 0.2) is 0 Å². The van der Waals surface area contributed by atoms with Gasteiger partial charge in [-0.1, -0.05) is 64.1 Å². The van der Waals surface area contributed by atoms with Crippen molar-refractivity contribution in [3.8, 4) is 0 Å². The zero-order valence-corrected chi connectivity index (χ0v) is 10.1. The van der Waals surface area contributed by atoms with Gasteiger partial charge in [0.05, 0.1) is 0 Å². The van der Waals surface area contributed by atoms with Crippen LogP contribution in [0.3, 0.4) is 0 Å². The summed E-state index contributed by atoms with van der Waals surface area (Å²) in [6.45, 7) is 16.5. The minimum absolute atomic E-state index is 0.611. The van der Waals surface area contributed by atoms with Crippen LogP contribution in [0.15, 0.2) is 36.4 Å². The van der Waals surface area contributed by atoms with Crippen molar-refractivity contribution in [1.29, 1.82) is 0 Å². The Hall–Kier alpha value is -1.29. The Morgan fingerprint density at radius 2 is 0.929 bits per heavy atom. The van der Waals surface area contributed by atoms with Crippen molar-refractivity contribution < 1.29 is 0 Å². The molecule has 0 saturated carbocycles. The Kier molecular flexibility index (Phi) is 39.4. The Morgan fingerprint density at radius 3 is 1.00 bits per heavy atom. The van der Waals surface area contributed by atoms with Crippen LogP contribution in [0, 0.1) is 6.57 Å². The van der Waals surface area contributed by atoms with E-state index in [0.717, 1.165) is 0 Å². The van der Waals surface area contributed by atoms with Gasteiger partial charge in [-0.25, -0.2) is 6.57 Å². The van der Waals surface area contributed by atoms with Crippen LogP contribution in [0.5, 0.6) is 0 Å². The van der Waals surface area contributed by atoms with Gasteiger partial charge in [-0.2, -0.15) is 0 Å². The van der Waals surface area contributed by atoms with Crippen LogP contribution in [0.1, 0.15) is 34.6 Å². The van der Waals surface area contributed by atoms with E-state index in [4.69, 9.17) is 6.57 Å². The van der Waals surface area contributed by atoms with Gasteiger partial charge in [0, 0.05) is 6.92 Å². The largest absolute Gasteiger partial charge is 0.317 e. The first-order valence-corrected chi connectivity index (χ1v) is 5.25. The van der Waals surface area contributed by atoms with Gasteiger partial charge in [-0.3, -0.25) is 0 Å². The molecule has 1 aromatic rings. The molecule has 1 heteroatoms. The fourth-order valence-electron chi connectivity index (χ4n) is 0.385. The molecule has 0 spiro atoms. The Bertz CT molecular complexity index is 147. The van der Waals surface area contributed by atoms with Gasteiger partial charge in [0.25, 0.3) is 0 Å². The van der Waals surface area contributed by atoms with Crippen LogP contribution in [0.25, 0.3) is 4.85 Å². The van der Waals surface area contributed by atoms with Gasteiger partial charge in [-0.15, -0.1) is 0 Å². The molecule has 1 rings (SSSR count). The zero-order chi connectivity index (χ0) is 11.7. The van der Waals surface area contributed by atoms with Crippen LogP contribution in [0.2, 0.25) is 0 Å². The minimum Gasteiger partial charge on any atom is -0.317 e. The second kappa shape index (κ2) is 29.8. The number of nitrogens with zero attached hydrogens (tertiary/aromatic N) is 1. The second-order valence-electron chi connectivity index (χ2n) is 1.63. The van der Waals surface area contributed by atoms with Crippen LogP contribution < -0.4 is 0 Å². The molecule has 0 heterocycles. The lowest BCUT2D eigenvalue weighted by molar-refractivity contribution is 1.35. The SMILES string of the molecule is CC.CC.[C-]#[N+]CC.c1ccccc1. The molecule has 0 aliphatic carbocycles. The molecule has 0 fully saturated rings. The first-order valence-electron chi connectivity index (χ1n) is 5.25. The van der Waals surface area contributed by atoms with Gasteiger partial charge < -0.3 is 4.85 Å². The standard InChI is InChI=1S/C6H6.C3H5N.2C2H6/c1-2-4-6-5-3-1;1-3-4-2;2*1-2/h1-6H;3H2,1H3;2*1-2H3. The van der Waals surface area contributed by atoms with E-state index in [1.54, 1.807) is 0 Å². The summed E-state index contributed by atoms with van der Waals surface area (Å²) in [4.78, 5) is 2.99. The predicted molar refractivity (Wildman–Crippen MR) is 66.3 cm³/mol. The van der Waals surface area contributed by atoms with E-state index in [2.05, 4.69) is 4.85 Å². The van der Waals surface area contributed by atoms with Crippen molar-refractivity contribution in [3.05, 3.63) is 47.8 Å². The molecule has 0 amide bonds. The molecular formula is C13H23N. The molecule has 0 aliphatic rings. The van der Waals surface area contributed by atoms with Crippen molar-refractivity contribution in [2.45, 2.75) is 34.6 Å². The molecule has 0 aromatic heterocycles. The number of benzene rings is 1. The van der Waals surface area contributed by atoms with Crippen molar-refractivity contribution in [1.82, 2.24) is 0 Å². The first-order chi connectivity index (χ1) is 6.91. The zero-order valence-electron chi connectivity index (χ0n) is 10.1. The average Bonchev–Trinajstić information content (AvgIpc) is 2.36. The van der Waals surface area contributed by atoms with E-state index in [1.165, 1.54) is 0 Å². The highest BCUT2D eigenvalue weighted by atomic mass is 14.6. The molecule has 80 valence electrons. The Labute approximate surface area is 89.6 Å². The van der Waals surface area contributed by atoms with Crippen LogP contribution in [0.4, 0.5) is 0 Å². The highest BCUT2D eigenvalue weighted by Gasteiger charge is 1.57. The molecule has 0 aliphatic heterocycles. The van der Waals surface area contributed by atoms with E-state index in [0.29, 0.717) is 6.54 Å². The topological polar surface area (TPSA) is 4.36 Å². The van der Waals surface area contributed by atoms with E-state index in [1.807, 2.05) is 71.0 Å². The van der Waals surface area contributed by atoms with E-state index in [9.17, 15) is 0 Å². The van der Waals surface area contributed by atoms with Crippen LogP contribution >= 0.6 is 0 Å². The van der Waals surface area contributed by atoms with Crippen molar-refractivity contribution in [3.63, 3.8) is 0 Å². The normalized spacial score (nSPS) is 5.71. The average molecular weight is 193 g/mol. The van der Waals surface area contributed by atoms with Crippen molar-refractivity contribution >= 4 is 0 Å². The van der Waals surface area contributed by atoms with E-state index >= 15 is 0 Å². The maximum atomic E-state index is 6.08. The fraction of sp³-hybridized carbons (Fsp3) is 0.462. The molecule has 0 radical (unpaired) electrons. The molecule has 0 N–H and O–H groups in total. The third kappa shape index (κ3) is 31.0. The molecule has 14 heavy (non-hydrogen) atoms. The molecule has 0 unspecified atom stereocenters. The van der Waals surface area contributed by atoms with Crippen molar-refractivity contribution in [2.24, 2.45) is 0 Å². The summed E-state index contributed by atoms with van der Waals surface area (Å²) in [7, 11) is 0. The summed E-state index contributed by atoms with van der Waals surface area (Å²) < 4.78 is 0. The smallest absolute Gasteiger partial charge is 0.211 e. The minimum atomic E-state index is 0.611. The lowest BCUT2D eigenvalue weighted by Crippen LogP contribution is -1.47. The first kappa shape index (κ1) is 18.5. The molecule has 0 atom stereocenters. The molecule has 0 saturated heterocycles. The molecule has 0 bridgehead atoms. The highest BCUT2D eigenvalue weighted by Crippen LogP contribution is 1.79. The molecule has 1 nitrogen and oxygen atoms in total. The van der Waals surface area contributed by atoms with Crippen LogP contribution in [-0.4, -0.2) is 6.54 Å². The lowest BCUT2D eigenvalue weighted by Gasteiger charge is -1.69. The third-order valence-electron chi connectivity index (χ3n) is 0.825. The highest BCUT2D eigenvalue weighted by molar-refractivity contribution is 4.99. The fourth-order valence-corrected chi connectivity index (χ4v) is 0.385. The molecule has 1 aromatic carbocycles. The van der Waals surface area contributed by atoms with Gasteiger partial charge in [-0.05, 0) is 0 Å². The quantitative estimate of drug-likeness (QED) is 0.528. The number of hydrogen-bond donors (Lipinski definition) is 0. The lowest BCUT2D eigenvalue weighted by atomic mass is 10.4. The maximum Gasteiger partial charge on any atom is 0.211 e. The van der Waals surface area contributed by atoms with Crippen molar-refractivity contribution in [2.75, 3.05) is 6.54 Å². The Morgan fingerprint density at radius 1 is 0.786 bits per heavy atom. The van der Waals surface area contributed by atoms with Gasteiger partial charge >= 0.3 is 0 Å². The van der Waals surface area contributed by atoms with E-state index < -0.39 is 0 Å². The summed E-state index contributed by atoms with van der Waals surface area (Å²) in [6, 6.07) is 12.0. The number of hydrogen-bond acceptors (Lipinski definition) is 0. The van der Waals surface area contributed by atoms with Crippen LogP contribution in [-0.2, 0) is 0 Å².